The van der Waals surface area contributed by atoms with Crippen LogP contribution in [-0.2, 0) is 4.79 Å². The Morgan fingerprint density at radius 3 is 2.18 bits per heavy atom. The third kappa shape index (κ3) is 17.8. The minimum absolute atomic E-state index is 0.0127. The van der Waals surface area contributed by atoms with E-state index in [1.165, 1.54) is 58.2 Å². The molecule has 1 aliphatic heterocycles. The Kier molecular flexibility index (Phi) is 17.5. The Balaban J connectivity index is 2.01. The van der Waals surface area contributed by atoms with Gasteiger partial charge in [0.2, 0.25) is 5.91 Å². The molecule has 0 saturated carbocycles. The van der Waals surface area contributed by atoms with E-state index in [1.807, 2.05) is 0 Å². The second-order valence-corrected chi connectivity index (χ2v) is 10.4. The third-order valence-electron chi connectivity index (χ3n) is 6.34. The van der Waals surface area contributed by atoms with Crippen molar-refractivity contribution in [3.05, 3.63) is 48.6 Å². The van der Waals surface area contributed by atoms with Gasteiger partial charge in [-0.15, -0.1) is 0 Å². The number of rotatable bonds is 18. The first kappa shape index (κ1) is 30.4. The molecule has 34 heavy (non-hydrogen) atoms. The predicted molar refractivity (Wildman–Crippen MR) is 147 cm³/mol. The van der Waals surface area contributed by atoms with Crippen LogP contribution in [0, 0.1) is 5.41 Å². The highest BCUT2D eigenvalue weighted by Crippen LogP contribution is 2.25. The van der Waals surface area contributed by atoms with Crippen LogP contribution in [0.1, 0.15) is 97.8 Å². The molecule has 0 spiro atoms. The van der Waals surface area contributed by atoms with Crippen molar-refractivity contribution < 1.29 is 9.90 Å². The van der Waals surface area contributed by atoms with Gasteiger partial charge < -0.3 is 15.3 Å². The Morgan fingerprint density at radius 2 is 1.53 bits per heavy atom. The number of nitrogens with zero attached hydrogens (tertiary/aromatic N) is 1. The number of piperidine rings is 1. The standard InChI is InChI=1S/C30H52N2O2/c1-28(27-33)31-29(34)21-15-12-10-8-6-4-5-7-9-11-13-16-22-30(2,3)23-17-20-26-32-24-18-14-19-25-32/h4-5,8-11,16,22,28,33H,6-7,12-15,17-21,23-27H2,1-3H3,(H,31,34)/t28-/m1/s1. The van der Waals surface area contributed by atoms with Crippen LogP contribution in [-0.4, -0.2) is 48.2 Å². The van der Waals surface area contributed by atoms with Crippen molar-refractivity contribution in [3.63, 3.8) is 0 Å². The van der Waals surface area contributed by atoms with Crippen LogP contribution in [0.2, 0.25) is 0 Å². The normalized spacial score (nSPS) is 16.9. The number of carbonyl (C=O) groups is 1. The molecule has 0 aromatic carbocycles. The minimum atomic E-state index is -0.158. The SMILES string of the molecule is C[C@H](CO)NC(=O)CCCC=CCC=CCC=CCC=CC(C)(C)CCCCN1CCCCC1. The van der Waals surface area contributed by atoms with Crippen molar-refractivity contribution in [2.75, 3.05) is 26.2 Å². The van der Waals surface area contributed by atoms with Crippen molar-refractivity contribution >= 4 is 5.91 Å². The zero-order valence-electron chi connectivity index (χ0n) is 22.3. The van der Waals surface area contributed by atoms with E-state index in [9.17, 15) is 4.79 Å². The molecule has 0 unspecified atom stereocenters. The molecule has 1 saturated heterocycles. The average molecular weight is 473 g/mol. The summed E-state index contributed by atoms with van der Waals surface area (Å²) < 4.78 is 0. The zero-order chi connectivity index (χ0) is 24.9. The highest BCUT2D eigenvalue weighted by molar-refractivity contribution is 5.76. The first-order valence-electron chi connectivity index (χ1n) is 13.7. The summed E-state index contributed by atoms with van der Waals surface area (Å²) in [4.78, 5) is 14.2. The summed E-state index contributed by atoms with van der Waals surface area (Å²) in [6.45, 7) is 10.4. The predicted octanol–water partition coefficient (Wildman–Crippen LogP) is 6.73. The van der Waals surface area contributed by atoms with E-state index in [-0.39, 0.29) is 18.6 Å². The number of aliphatic hydroxyl groups excluding tert-OH is 1. The highest BCUT2D eigenvalue weighted by Gasteiger charge is 2.14. The van der Waals surface area contributed by atoms with Crippen LogP contribution >= 0.6 is 0 Å². The van der Waals surface area contributed by atoms with Crippen LogP contribution in [0.5, 0.6) is 0 Å². The van der Waals surface area contributed by atoms with Gasteiger partial charge in [-0.25, -0.2) is 0 Å². The fraction of sp³-hybridized carbons (Fsp3) is 0.700. The second kappa shape index (κ2) is 19.6. The lowest BCUT2D eigenvalue weighted by Gasteiger charge is -2.27. The largest absolute Gasteiger partial charge is 0.394 e. The van der Waals surface area contributed by atoms with E-state index in [0.29, 0.717) is 11.8 Å². The number of hydrogen-bond acceptors (Lipinski definition) is 3. The molecule has 1 fully saturated rings. The molecule has 1 atom stereocenters. The first-order chi connectivity index (χ1) is 16.4. The lowest BCUT2D eigenvalue weighted by molar-refractivity contribution is -0.122. The van der Waals surface area contributed by atoms with Crippen LogP contribution in [0.4, 0.5) is 0 Å². The smallest absolute Gasteiger partial charge is 0.220 e. The minimum Gasteiger partial charge on any atom is -0.394 e. The molecule has 0 aromatic heterocycles. The Morgan fingerprint density at radius 1 is 0.912 bits per heavy atom. The topological polar surface area (TPSA) is 52.6 Å². The first-order valence-corrected chi connectivity index (χ1v) is 13.7. The summed E-state index contributed by atoms with van der Waals surface area (Å²) in [7, 11) is 0. The van der Waals surface area contributed by atoms with Gasteiger partial charge in [0.15, 0.2) is 0 Å². The number of nitrogens with one attached hydrogen (secondary N) is 1. The molecule has 1 aliphatic rings. The molecule has 0 aliphatic carbocycles. The van der Waals surface area contributed by atoms with E-state index in [2.05, 4.69) is 72.7 Å². The van der Waals surface area contributed by atoms with E-state index in [0.717, 1.165) is 32.1 Å². The fourth-order valence-corrected chi connectivity index (χ4v) is 4.18. The van der Waals surface area contributed by atoms with Gasteiger partial charge in [0, 0.05) is 12.5 Å². The van der Waals surface area contributed by atoms with Crippen molar-refractivity contribution in [1.82, 2.24) is 10.2 Å². The molecule has 194 valence electrons. The van der Waals surface area contributed by atoms with Crippen LogP contribution < -0.4 is 5.32 Å². The van der Waals surface area contributed by atoms with Crippen molar-refractivity contribution in [3.8, 4) is 0 Å². The molecule has 1 heterocycles. The summed E-state index contributed by atoms with van der Waals surface area (Å²) in [6, 6.07) is -0.158. The molecular formula is C30H52N2O2. The maximum Gasteiger partial charge on any atom is 0.220 e. The molecule has 2 N–H and O–H groups in total. The van der Waals surface area contributed by atoms with E-state index < -0.39 is 0 Å². The van der Waals surface area contributed by atoms with Gasteiger partial charge in [-0.1, -0.05) is 75.3 Å². The lowest BCUT2D eigenvalue weighted by atomic mass is 9.86. The second-order valence-electron chi connectivity index (χ2n) is 10.4. The molecule has 4 heteroatoms. The lowest BCUT2D eigenvalue weighted by Crippen LogP contribution is -2.34. The van der Waals surface area contributed by atoms with E-state index in [1.54, 1.807) is 6.92 Å². The summed E-state index contributed by atoms with van der Waals surface area (Å²) in [5.74, 6) is 0.0169. The van der Waals surface area contributed by atoms with Gasteiger partial charge >= 0.3 is 0 Å². The van der Waals surface area contributed by atoms with Crippen LogP contribution in [0.25, 0.3) is 0 Å². The number of likely N-dealkylation sites (tertiary alicyclic amines) is 1. The van der Waals surface area contributed by atoms with Crippen LogP contribution in [0.3, 0.4) is 0 Å². The fourth-order valence-electron chi connectivity index (χ4n) is 4.18. The Bertz CT molecular complexity index is 628. The molecule has 0 bridgehead atoms. The van der Waals surface area contributed by atoms with Gasteiger partial charge in [0.1, 0.15) is 0 Å². The summed E-state index contributed by atoms with van der Waals surface area (Å²) in [5.41, 5.74) is 0.295. The molecule has 0 aromatic rings. The molecule has 4 nitrogen and oxygen atoms in total. The Hall–Kier alpha value is -1.65. The molecular weight excluding hydrogens is 420 g/mol. The Labute approximate surface area is 210 Å². The van der Waals surface area contributed by atoms with Crippen molar-refractivity contribution in [2.45, 2.75) is 104 Å². The molecule has 1 rings (SSSR count). The third-order valence-corrected chi connectivity index (χ3v) is 6.34. The van der Waals surface area contributed by atoms with Crippen LogP contribution in [0.15, 0.2) is 48.6 Å². The van der Waals surface area contributed by atoms with Gasteiger partial charge in [-0.2, -0.15) is 0 Å². The number of carbonyl (C=O) groups excluding carboxylic acids is 1. The summed E-state index contributed by atoms with van der Waals surface area (Å²) >= 11 is 0. The monoisotopic (exact) mass is 472 g/mol. The van der Waals surface area contributed by atoms with Crippen molar-refractivity contribution in [2.24, 2.45) is 5.41 Å². The van der Waals surface area contributed by atoms with E-state index >= 15 is 0 Å². The number of allylic oxidation sites excluding steroid dienone is 8. The van der Waals surface area contributed by atoms with Gasteiger partial charge in [-0.3, -0.25) is 4.79 Å². The number of hydrogen-bond donors (Lipinski definition) is 2. The number of aliphatic hydroxyl groups is 1. The van der Waals surface area contributed by atoms with E-state index in [4.69, 9.17) is 5.11 Å². The zero-order valence-corrected chi connectivity index (χ0v) is 22.3. The summed E-state index contributed by atoms with van der Waals surface area (Å²) in [6.07, 6.45) is 31.2. The molecule has 0 radical (unpaired) electrons. The maximum atomic E-state index is 11.6. The highest BCUT2D eigenvalue weighted by atomic mass is 16.3. The van der Waals surface area contributed by atoms with Crippen molar-refractivity contribution in [1.29, 1.82) is 0 Å². The molecule has 1 amide bonds. The number of unbranched alkanes of at least 4 members (excludes halogenated alkanes) is 2. The van der Waals surface area contributed by atoms with Gasteiger partial charge in [-0.05, 0) is 89.8 Å². The maximum absolute atomic E-state index is 11.6. The number of amides is 1. The van der Waals surface area contributed by atoms with Gasteiger partial charge in [0.25, 0.3) is 0 Å². The summed E-state index contributed by atoms with van der Waals surface area (Å²) in [5, 5.41) is 11.7. The average Bonchev–Trinajstić information content (AvgIpc) is 2.82. The quantitative estimate of drug-likeness (QED) is 0.172. The van der Waals surface area contributed by atoms with Gasteiger partial charge in [0.05, 0.1) is 6.61 Å².